The molecule has 3 aromatic rings. The minimum absolute atomic E-state index is 0.111. The van der Waals surface area contributed by atoms with Crippen LogP contribution in [0.1, 0.15) is 20.8 Å². The average Bonchev–Trinajstić information content (AvgIpc) is 2.64. The molecule has 0 fully saturated rings. The zero-order valence-electron chi connectivity index (χ0n) is 15.9. The van der Waals surface area contributed by atoms with Crippen molar-refractivity contribution in [2.75, 3.05) is 16.0 Å². The van der Waals surface area contributed by atoms with Crippen LogP contribution in [0.2, 0.25) is 0 Å². The van der Waals surface area contributed by atoms with Gasteiger partial charge in [0.2, 0.25) is 11.9 Å². The number of carbonyl (C=O) groups is 1. The normalized spacial score (nSPS) is 10.4. The Bertz CT molecular complexity index is 926. The van der Waals surface area contributed by atoms with E-state index in [0.29, 0.717) is 11.8 Å². The van der Waals surface area contributed by atoms with Crippen LogP contribution in [0.15, 0.2) is 54.7 Å². The van der Waals surface area contributed by atoms with E-state index in [1.165, 1.54) is 13.1 Å². The summed E-state index contributed by atoms with van der Waals surface area (Å²) >= 11 is 0. The Morgan fingerprint density at radius 1 is 0.929 bits per heavy atom. The Hall–Kier alpha value is -3.68. The SMILES string of the molecule is CC(=O)Nc1ccc(Nc2cnnc(Nc3ccc(OC(C)C)cc3)n2)cc1. The van der Waals surface area contributed by atoms with Gasteiger partial charge in [-0.1, -0.05) is 0 Å². The number of anilines is 5. The molecule has 144 valence electrons. The standard InChI is InChI=1S/C20H22N6O2/c1-13(2)28-18-10-8-17(9-11-18)24-20-25-19(12-21-26-20)23-16-6-4-15(5-7-16)22-14(3)27/h4-13H,1-3H3,(H,22,27)(H2,23,24,25,26). The molecule has 0 spiro atoms. The first-order valence-corrected chi connectivity index (χ1v) is 8.86. The summed E-state index contributed by atoms with van der Waals surface area (Å²) in [4.78, 5) is 15.5. The summed E-state index contributed by atoms with van der Waals surface area (Å²) < 4.78 is 5.63. The lowest BCUT2D eigenvalue weighted by atomic mass is 10.3. The first-order chi connectivity index (χ1) is 13.5. The fourth-order valence-electron chi connectivity index (χ4n) is 2.42. The van der Waals surface area contributed by atoms with E-state index < -0.39 is 0 Å². The van der Waals surface area contributed by atoms with Crippen molar-refractivity contribution in [3.05, 3.63) is 54.7 Å². The third kappa shape index (κ3) is 5.66. The summed E-state index contributed by atoms with van der Waals surface area (Å²) in [7, 11) is 0. The van der Waals surface area contributed by atoms with Gasteiger partial charge in [-0.05, 0) is 62.4 Å². The average molecular weight is 378 g/mol. The van der Waals surface area contributed by atoms with Crippen molar-refractivity contribution in [1.29, 1.82) is 0 Å². The largest absolute Gasteiger partial charge is 0.491 e. The first-order valence-electron chi connectivity index (χ1n) is 8.86. The molecule has 0 saturated carbocycles. The van der Waals surface area contributed by atoms with Crippen molar-refractivity contribution in [2.45, 2.75) is 26.9 Å². The van der Waals surface area contributed by atoms with Crippen LogP contribution in [-0.4, -0.2) is 27.2 Å². The third-order valence-electron chi connectivity index (χ3n) is 3.52. The highest BCUT2D eigenvalue weighted by molar-refractivity contribution is 5.88. The molecule has 0 atom stereocenters. The van der Waals surface area contributed by atoms with Crippen molar-refractivity contribution in [1.82, 2.24) is 15.2 Å². The maximum absolute atomic E-state index is 11.1. The maximum atomic E-state index is 11.1. The van der Waals surface area contributed by atoms with E-state index in [1.807, 2.05) is 50.2 Å². The summed E-state index contributed by atoms with van der Waals surface area (Å²) in [6.45, 7) is 5.44. The highest BCUT2D eigenvalue weighted by Crippen LogP contribution is 2.21. The van der Waals surface area contributed by atoms with Gasteiger partial charge in [-0.15, -0.1) is 5.10 Å². The smallest absolute Gasteiger partial charge is 0.249 e. The van der Waals surface area contributed by atoms with Crippen molar-refractivity contribution in [2.24, 2.45) is 0 Å². The van der Waals surface area contributed by atoms with Crippen molar-refractivity contribution in [3.8, 4) is 5.75 Å². The zero-order chi connectivity index (χ0) is 19.9. The van der Waals surface area contributed by atoms with E-state index >= 15 is 0 Å². The van der Waals surface area contributed by atoms with E-state index in [2.05, 4.69) is 31.1 Å². The summed E-state index contributed by atoms with van der Waals surface area (Å²) in [6, 6.07) is 14.8. The number of amides is 1. The number of benzene rings is 2. The number of hydrogen-bond acceptors (Lipinski definition) is 7. The van der Waals surface area contributed by atoms with Crippen LogP contribution in [0.4, 0.5) is 28.8 Å². The molecule has 28 heavy (non-hydrogen) atoms. The van der Waals surface area contributed by atoms with Crippen LogP contribution in [-0.2, 0) is 4.79 Å². The highest BCUT2D eigenvalue weighted by Gasteiger charge is 2.04. The number of nitrogens with zero attached hydrogens (tertiary/aromatic N) is 3. The molecule has 0 bridgehead atoms. The zero-order valence-corrected chi connectivity index (χ0v) is 15.9. The van der Waals surface area contributed by atoms with Gasteiger partial charge < -0.3 is 20.7 Å². The fraction of sp³-hybridized carbons (Fsp3) is 0.200. The second-order valence-electron chi connectivity index (χ2n) is 6.36. The maximum Gasteiger partial charge on any atom is 0.249 e. The number of carbonyl (C=O) groups excluding carboxylic acids is 1. The summed E-state index contributed by atoms with van der Waals surface area (Å²) in [5.41, 5.74) is 2.37. The van der Waals surface area contributed by atoms with Gasteiger partial charge in [-0.25, -0.2) is 0 Å². The van der Waals surface area contributed by atoms with Crippen LogP contribution in [0.5, 0.6) is 5.75 Å². The lowest BCUT2D eigenvalue weighted by molar-refractivity contribution is -0.114. The van der Waals surface area contributed by atoms with Crippen LogP contribution in [0.3, 0.4) is 0 Å². The molecule has 3 rings (SSSR count). The number of rotatable bonds is 7. The molecule has 0 aliphatic rings. The van der Waals surface area contributed by atoms with Gasteiger partial charge in [0, 0.05) is 24.0 Å². The van der Waals surface area contributed by atoms with Gasteiger partial charge in [0.15, 0.2) is 5.82 Å². The fourth-order valence-corrected chi connectivity index (χ4v) is 2.42. The Labute approximate surface area is 163 Å². The summed E-state index contributed by atoms with van der Waals surface area (Å²) in [5.74, 6) is 1.61. The van der Waals surface area contributed by atoms with Crippen LogP contribution in [0, 0.1) is 0 Å². The third-order valence-corrected chi connectivity index (χ3v) is 3.52. The van der Waals surface area contributed by atoms with Gasteiger partial charge in [-0.3, -0.25) is 4.79 Å². The Morgan fingerprint density at radius 2 is 1.54 bits per heavy atom. The van der Waals surface area contributed by atoms with Crippen LogP contribution >= 0.6 is 0 Å². The topological polar surface area (TPSA) is 101 Å². The Morgan fingerprint density at radius 3 is 2.18 bits per heavy atom. The van der Waals surface area contributed by atoms with E-state index in [4.69, 9.17) is 4.74 Å². The second kappa shape index (κ2) is 8.81. The lowest BCUT2D eigenvalue weighted by Gasteiger charge is -2.11. The minimum atomic E-state index is -0.111. The monoisotopic (exact) mass is 378 g/mol. The van der Waals surface area contributed by atoms with Crippen LogP contribution in [0.25, 0.3) is 0 Å². The second-order valence-corrected chi connectivity index (χ2v) is 6.36. The summed E-state index contributed by atoms with van der Waals surface area (Å²) in [6.07, 6.45) is 1.66. The van der Waals surface area contributed by atoms with Gasteiger partial charge in [0.05, 0.1) is 12.3 Å². The molecular weight excluding hydrogens is 356 g/mol. The number of nitrogens with one attached hydrogen (secondary N) is 3. The number of hydrogen-bond donors (Lipinski definition) is 3. The molecule has 3 N–H and O–H groups in total. The predicted octanol–water partition coefficient (Wildman–Crippen LogP) is 4.10. The van der Waals surface area contributed by atoms with E-state index in [-0.39, 0.29) is 12.0 Å². The molecule has 2 aromatic carbocycles. The van der Waals surface area contributed by atoms with Crippen molar-refractivity contribution in [3.63, 3.8) is 0 Å². The Balaban J connectivity index is 1.64. The predicted molar refractivity (Wildman–Crippen MR) is 109 cm³/mol. The quantitative estimate of drug-likeness (QED) is 0.569. The van der Waals surface area contributed by atoms with Gasteiger partial charge in [0.25, 0.3) is 0 Å². The molecule has 8 nitrogen and oxygen atoms in total. The van der Waals surface area contributed by atoms with E-state index in [1.54, 1.807) is 12.1 Å². The highest BCUT2D eigenvalue weighted by atomic mass is 16.5. The molecular formula is C20H22N6O2. The van der Waals surface area contributed by atoms with Crippen molar-refractivity contribution >= 4 is 34.7 Å². The lowest BCUT2D eigenvalue weighted by Crippen LogP contribution is -2.06. The molecule has 0 aliphatic heterocycles. The van der Waals surface area contributed by atoms with E-state index in [9.17, 15) is 4.79 Å². The molecule has 1 aromatic heterocycles. The number of aromatic nitrogens is 3. The molecule has 8 heteroatoms. The minimum Gasteiger partial charge on any atom is -0.491 e. The summed E-state index contributed by atoms with van der Waals surface area (Å²) in [5, 5.41) is 17.0. The van der Waals surface area contributed by atoms with E-state index in [0.717, 1.165) is 22.8 Å². The van der Waals surface area contributed by atoms with Gasteiger partial charge in [-0.2, -0.15) is 10.1 Å². The number of ether oxygens (including phenoxy) is 1. The molecule has 1 amide bonds. The molecule has 0 saturated heterocycles. The van der Waals surface area contributed by atoms with Gasteiger partial charge >= 0.3 is 0 Å². The first kappa shape index (κ1) is 19.1. The van der Waals surface area contributed by atoms with Gasteiger partial charge in [0.1, 0.15) is 5.75 Å². The van der Waals surface area contributed by atoms with Crippen LogP contribution < -0.4 is 20.7 Å². The molecule has 0 aliphatic carbocycles. The van der Waals surface area contributed by atoms with Crippen molar-refractivity contribution < 1.29 is 9.53 Å². The molecule has 0 unspecified atom stereocenters. The molecule has 1 heterocycles. The molecule has 0 radical (unpaired) electrons. The Kier molecular flexibility index (Phi) is 6.01.